The van der Waals surface area contributed by atoms with E-state index in [1.54, 1.807) is 13.0 Å². The van der Waals surface area contributed by atoms with Gasteiger partial charge >= 0.3 is 0 Å². The summed E-state index contributed by atoms with van der Waals surface area (Å²) < 4.78 is 0.549. The van der Waals surface area contributed by atoms with Gasteiger partial charge in [-0.25, -0.2) is 0 Å². The van der Waals surface area contributed by atoms with E-state index in [4.69, 9.17) is 5.21 Å². The minimum absolute atomic E-state index is 0.394. The van der Waals surface area contributed by atoms with Gasteiger partial charge in [-0.15, -0.1) is 0 Å². The van der Waals surface area contributed by atoms with E-state index >= 15 is 0 Å². The number of hydrogen-bond acceptors (Lipinski definition) is 2. The maximum Gasteiger partial charge on any atom is 0.283 e. The molecule has 1 aromatic rings. The molecule has 3 heteroatoms. The summed E-state index contributed by atoms with van der Waals surface area (Å²) in [6.45, 7) is 1.79. The molecule has 0 amide bonds. The van der Waals surface area contributed by atoms with E-state index in [-0.39, 0.29) is 0 Å². The summed E-state index contributed by atoms with van der Waals surface area (Å²) in [6.07, 6.45) is 1.32. The summed E-state index contributed by atoms with van der Waals surface area (Å²) in [5, 5.41) is 8.65. The molecule has 0 radical (unpaired) electrons. The third-order valence-electron chi connectivity index (χ3n) is 1.06. The van der Waals surface area contributed by atoms with Crippen molar-refractivity contribution in [2.24, 2.45) is 0 Å². The zero-order valence-electron chi connectivity index (χ0n) is 5.03. The molecule has 0 fully saturated rings. The third-order valence-corrected chi connectivity index (χ3v) is 1.06. The monoisotopic (exact) mass is 125 g/mol. The third kappa shape index (κ3) is 1.10. The van der Waals surface area contributed by atoms with Crippen LogP contribution in [0.15, 0.2) is 23.1 Å². The summed E-state index contributed by atoms with van der Waals surface area (Å²) in [4.78, 5) is 10.6. The highest BCUT2D eigenvalue weighted by atomic mass is 16.5. The van der Waals surface area contributed by atoms with Crippen LogP contribution in [-0.4, -0.2) is 9.94 Å². The quantitative estimate of drug-likeness (QED) is 0.510. The van der Waals surface area contributed by atoms with E-state index in [1.165, 1.54) is 12.3 Å². The van der Waals surface area contributed by atoms with Gasteiger partial charge in [0.25, 0.3) is 5.56 Å². The Bertz CT molecular complexity index is 264. The minimum atomic E-state index is -0.394. The second kappa shape index (κ2) is 1.93. The summed E-state index contributed by atoms with van der Waals surface area (Å²) >= 11 is 0. The molecule has 48 valence electrons. The summed E-state index contributed by atoms with van der Waals surface area (Å²) in [5.74, 6) is 0. The van der Waals surface area contributed by atoms with Gasteiger partial charge in [0.1, 0.15) is 0 Å². The molecular formula is C6H7NO2. The van der Waals surface area contributed by atoms with Crippen molar-refractivity contribution in [3.63, 3.8) is 0 Å². The lowest BCUT2D eigenvalue weighted by Crippen LogP contribution is -2.15. The van der Waals surface area contributed by atoms with Gasteiger partial charge in [0.15, 0.2) is 0 Å². The molecule has 0 atom stereocenters. The summed E-state index contributed by atoms with van der Waals surface area (Å²) in [6, 6.07) is 3.02. The summed E-state index contributed by atoms with van der Waals surface area (Å²) in [5.41, 5.74) is 0.459. The van der Waals surface area contributed by atoms with Crippen molar-refractivity contribution < 1.29 is 5.21 Å². The van der Waals surface area contributed by atoms with Gasteiger partial charge in [-0.05, 0) is 18.6 Å². The molecule has 0 aliphatic rings. The normalized spacial score (nSPS) is 9.44. The number of pyridine rings is 1. The highest BCUT2D eigenvalue weighted by molar-refractivity contribution is 5.06. The Morgan fingerprint density at radius 2 is 2.33 bits per heavy atom. The van der Waals surface area contributed by atoms with Crippen molar-refractivity contribution in [2.45, 2.75) is 6.92 Å². The van der Waals surface area contributed by atoms with Crippen LogP contribution in [0.1, 0.15) is 5.56 Å². The van der Waals surface area contributed by atoms with Crippen LogP contribution in [0, 0.1) is 6.92 Å². The zero-order chi connectivity index (χ0) is 6.85. The molecule has 0 saturated carbocycles. The predicted molar refractivity (Wildman–Crippen MR) is 32.6 cm³/mol. The van der Waals surface area contributed by atoms with Crippen LogP contribution >= 0.6 is 0 Å². The Morgan fingerprint density at radius 3 is 2.78 bits per heavy atom. The molecule has 0 saturated heterocycles. The van der Waals surface area contributed by atoms with Gasteiger partial charge < -0.3 is 5.21 Å². The average molecular weight is 125 g/mol. The van der Waals surface area contributed by atoms with E-state index in [1.807, 2.05) is 0 Å². The average Bonchev–Trinajstić information content (AvgIpc) is 1.80. The molecule has 1 rings (SSSR count). The second-order valence-electron chi connectivity index (χ2n) is 1.89. The Labute approximate surface area is 52.1 Å². The van der Waals surface area contributed by atoms with E-state index in [0.29, 0.717) is 4.73 Å². The topological polar surface area (TPSA) is 42.2 Å². The maximum atomic E-state index is 10.6. The van der Waals surface area contributed by atoms with Crippen LogP contribution in [0.2, 0.25) is 0 Å². The Kier molecular flexibility index (Phi) is 1.26. The van der Waals surface area contributed by atoms with Crippen molar-refractivity contribution in [3.8, 4) is 0 Å². The van der Waals surface area contributed by atoms with Gasteiger partial charge in [-0.3, -0.25) is 4.79 Å². The summed E-state index contributed by atoms with van der Waals surface area (Å²) in [7, 11) is 0. The van der Waals surface area contributed by atoms with Crippen LogP contribution in [0.3, 0.4) is 0 Å². The lowest BCUT2D eigenvalue weighted by atomic mass is 10.3. The number of aryl methyl sites for hydroxylation is 1. The van der Waals surface area contributed by atoms with Gasteiger partial charge in [0.2, 0.25) is 0 Å². The lowest BCUT2D eigenvalue weighted by Gasteiger charge is -1.92. The highest BCUT2D eigenvalue weighted by Gasteiger charge is 1.88. The molecule has 0 aliphatic heterocycles. The first kappa shape index (κ1) is 5.88. The lowest BCUT2D eigenvalue weighted by molar-refractivity contribution is 0.174. The van der Waals surface area contributed by atoms with Crippen LogP contribution in [0.5, 0.6) is 0 Å². The first-order chi connectivity index (χ1) is 4.20. The Balaban J connectivity index is 3.34. The van der Waals surface area contributed by atoms with Gasteiger partial charge in [-0.2, -0.15) is 4.73 Å². The molecule has 0 bridgehead atoms. The number of rotatable bonds is 0. The van der Waals surface area contributed by atoms with E-state index in [0.717, 1.165) is 5.56 Å². The molecule has 1 heterocycles. The zero-order valence-corrected chi connectivity index (χ0v) is 5.03. The Morgan fingerprint density at radius 1 is 1.67 bits per heavy atom. The fourth-order valence-electron chi connectivity index (χ4n) is 0.571. The molecule has 1 N–H and O–H groups in total. The van der Waals surface area contributed by atoms with Gasteiger partial charge in [-0.1, -0.05) is 0 Å². The number of nitrogens with zero attached hydrogens (tertiary/aromatic N) is 1. The van der Waals surface area contributed by atoms with Crippen molar-refractivity contribution in [1.82, 2.24) is 4.73 Å². The molecule has 9 heavy (non-hydrogen) atoms. The van der Waals surface area contributed by atoms with Crippen LogP contribution in [0.25, 0.3) is 0 Å². The first-order valence-corrected chi connectivity index (χ1v) is 2.59. The van der Waals surface area contributed by atoms with Crippen LogP contribution in [0.4, 0.5) is 0 Å². The second-order valence-corrected chi connectivity index (χ2v) is 1.89. The smallest absolute Gasteiger partial charge is 0.283 e. The van der Waals surface area contributed by atoms with Crippen LogP contribution < -0.4 is 5.56 Å². The molecular weight excluding hydrogens is 118 g/mol. The van der Waals surface area contributed by atoms with Crippen molar-refractivity contribution >= 4 is 0 Å². The number of hydrogen-bond donors (Lipinski definition) is 1. The highest BCUT2D eigenvalue weighted by Crippen LogP contribution is 1.87. The molecule has 0 spiro atoms. The molecule has 1 aromatic heterocycles. The van der Waals surface area contributed by atoms with Crippen molar-refractivity contribution in [1.29, 1.82) is 0 Å². The van der Waals surface area contributed by atoms with Gasteiger partial charge in [0.05, 0.1) is 0 Å². The Hall–Kier alpha value is -1.25. The largest absolute Gasteiger partial charge is 0.425 e. The fraction of sp³-hybridized carbons (Fsp3) is 0.167. The van der Waals surface area contributed by atoms with E-state index in [2.05, 4.69) is 0 Å². The molecule has 3 nitrogen and oxygen atoms in total. The molecule has 0 aliphatic carbocycles. The predicted octanol–water partition coefficient (Wildman–Crippen LogP) is 0.394. The molecule has 0 unspecified atom stereocenters. The van der Waals surface area contributed by atoms with Crippen LogP contribution in [-0.2, 0) is 0 Å². The fourth-order valence-corrected chi connectivity index (χ4v) is 0.571. The standard InChI is InChI=1S/C6H7NO2/c1-5-2-3-7(9)6(8)4-5/h2-4,9H,1H3. The van der Waals surface area contributed by atoms with E-state index in [9.17, 15) is 4.79 Å². The van der Waals surface area contributed by atoms with Crippen molar-refractivity contribution in [2.75, 3.05) is 0 Å². The number of aromatic nitrogens is 1. The maximum absolute atomic E-state index is 10.6. The van der Waals surface area contributed by atoms with Gasteiger partial charge in [0, 0.05) is 12.3 Å². The van der Waals surface area contributed by atoms with E-state index < -0.39 is 5.56 Å². The molecule has 0 aromatic carbocycles. The minimum Gasteiger partial charge on any atom is -0.425 e. The SMILES string of the molecule is Cc1ccn(O)c(=O)c1. The first-order valence-electron chi connectivity index (χ1n) is 2.59. The van der Waals surface area contributed by atoms with Crippen molar-refractivity contribution in [3.05, 3.63) is 34.2 Å².